The highest BCUT2D eigenvalue weighted by Gasteiger charge is 2.21. The second-order valence-corrected chi connectivity index (χ2v) is 4.87. The van der Waals surface area contributed by atoms with E-state index in [-0.39, 0.29) is 0 Å². The Labute approximate surface area is 111 Å². The van der Waals surface area contributed by atoms with Crippen molar-refractivity contribution in [2.45, 2.75) is 6.42 Å². The number of nitrogens with two attached hydrogens (primary N) is 1. The van der Waals surface area contributed by atoms with E-state index in [0.717, 1.165) is 12.1 Å². The molecule has 3 heteroatoms. The standard InChI is InChI=1S/C16H13N3/c17-16-9-15(18-19-16)13-7-3-6-12-11-5-2-1-4-10(11)8-14(12)13/h1-7,9H,8H2,(H3,17,18,19). The third-order valence-electron chi connectivity index (χ3n) is 3.74. The van der Waals surface area contributed by atoms with Crippen LogP contribution in [0.2, 0.25) is 0 Å². The Kier molecular flexibility index (Phi) is 2.03. The molecule has 2 aromatic carbocycles. The number of aromatic amines is 1. The lowest BCUT2D eigenvalue weighted by Gasteiger charge is -2.06. The molecule has 0 unspecified atom stereocenters. The number of nitrogens with zero attached hydrogens (tertiary/aromatic N) is 1. The lowest BCUT2D eigenvalue weighted by molar-refractivity contribution is 1.10. The first-order valence-corrected chi connectivity index (χ1v) is 6.34. The van der Waals surface area contributed by atoms with Crippen LogP contribution in [0.3, 0.4) is 0 Å². The number of nitrogen functional groups attached to an aromatic ring is 1. The van der Waals surface area contributed by atoms with Crippen LogP contribution in [0.5, 0.6) is 0 Å². The fourth-order valence-corrected chi connectivity index (χ4v) is 2.88. The van der Waals surface area contributed by atoms with E-state index in [1.54, 1.807) is 0 Å². The first-order valence-electron chi connectivity index (χ1n) is 6.34. The maximum Gasteiger partial charge on any atom is 0.145 e. The van der Waals surface area contributed by atoms with Crippen LogP contribution < -0.4 is 5.73 Å². The summed E-state index contributed by atoms with van der Waals surface area (Å²) in [4.78, 5) is 0. The van der Waals surface area contributed by atoms with Gasteiger partial charge >= 0.3 is 0 Å². The van der Waals surface area contributed by atoms with Crippen LogP contribution in [-0.4, -0.2) is 10.2 Å². The fourth-order valence-electron chi connectivity index (χ4n) is 2.88. The number of fused-ring (bicyclic) bond motifs is 3. The summed E-state index contributed by atoms with van der Waals surface area (Å²) < 4.78 is 0. The first kappa shape index (κ1) is 10.4. The summed E-state index contributed by atoms with van der Waals surface area (Å²) in [6, 6.07) is 16.9. The molecule has 1 aliphatic rings. The maximum absolute atomic E-state index is 5.70. The molecule has 3 nitrogen and oxygen atoms in total. The minimum Gasteiger partial charge on any atom is -0.382 e. The fraction of sp³-hybridized carbons (Fsp3) is 0.0625. The van der Waals surface area contributed by atoms with Crippen molar-refractivity contribution in [1.82, 2.24) is 10.2 Å². The molecule has 0 spiro atoms. The molecule has 0 saturated carbocycles. The average Bonchev–Trinajstić information content (AvgIpc) is 3.02. The molecule has 0 radical (unpaired) electrons. The number of hydrogen-bond donors (Lipinski definition) is 2. The van der Waals surface area contributed by atoms with Crippen molar-refractivity contribution in [3.05, 3.63) is 59.7 Å². The molecule has 0 atom stereocenters. The van der Waals surface area contributed by atoms with Gasteiger partial charge < -0.3 is 5.73 Å². The predicted molar refractivity (Wildman–Crippen MR) is 76.7 cm³/mol. The van der Waals surface area contributed by atoms with Crippen LogP contribution in [0.4, 0.5) is 5.82 Å². The maximum atomic E-state index is 5.70. The largest absolute Gasteiger partial charge is 0.382 e. The SMILES string of the molecule is Nc1cc(-c2cccc3c2Cc2ccccc2-3)[nH]n1. The van der Waals surface area contributed by atoms with Gasteiger partial charge in [-0.25, -0.2) is 0 Å². The van der Waals surface area contributed by atoms with Crippen LogP contribution >= 0.6 is 0 Å². The normalized spacial score (nSPS) is 12.2. The molecule has 1 aromatic heterocycles. The molecule has 4 rings (SSSR count). The van der Waals surface area contributed by atoms with Crippen LogP contribution in [0.25, 0.3) is 22.4 Å². The summed E-state index contributed by atoms with van der Waals surface area (Å²) in [5.41, 5.74) is 13.3. The van der Waals surface area contributed by atoms with Crippen molar-refractivity contribution in [2.75, 3.05) is 5.73 Å². The lowest BCUT2D eigenvalue weighted by Crippen LogP contribution is -1.88. The van der Waals surface area contributed by atoms with Crippen molar-refractivity contribution in [2.24, 2.45) is 0 Å². The van der Waals surface area contributed by atoms with Gasteiger partial charge in [0.25, 0.3) is 0 Å². The number of rotatable bonds is 1. The predicted octanol–water partition coefficient (Wildman–Crippen LogP) is 3.23. The number of hydrogen-bond acceptors (Lipinski definition) is 2. The van der Waals surface area contributed by atoms with Gasteiger partial charge in [-0.15, -0.1) is 0 Å². The van der Waals surface area contributed by atoms with E-state index in [0.29, 0.717) is 5.82 Å². The summed E-state index contributed by atoms with van der Waals surface area (Å²) in [5, 5.41) is 7.02. The summed E-state index contributed by atoms with van der Waals surface area (Å²) >= 11 is 0. The molecule has 19 heavy (non-hydrogen) atoms. The monoisotopic (exact) mass is 247 g/mol. The zero-order valence-corrected chi connectivity index (χ0v) is 10.4. The minimum atomic E-state index is 0.531. The number of nitrogens with one attached hydrogen (secondary N) is 1. The van der Waals surface area contributed by atoms with Gasteiger partial charge in [0.2, 0.25) is 0 Å². The smallest absolute Gasteiger partial charge is 0.145 e. The van der Waals surface area contributed by atoms with E-state index in [1.165, 1.54) is 27.8 Å². The zero-order valence-electron chi connectivity index (χ0n) is 10.4. The second-order valence-electron chi connectivity index (χ2n) is 4.87. The van der Waals surface area contributed by atoms with Gasteiger partial charge in [0.15, 0.2) is 0 Å². The Hall–Kier alpha value is -2.55. The molecule has 0 amide bonds. The van der Waals surface area contributed by atoms with Crippen molar-refractivity contribution in [1.29, 1.82) is 0 Å². The van der Waals surface area contributed by atoms with Gasteiger partial charge in [0, 0.05) is 11.6 Å². The Morgan fingerprint density at radius 1 is 0.947 bits per heavy atom. The first-order chi connectivity index (χ1) is 9.33. The lowest BCUT2D eigenvalue weighted by atomic mass is 9.99. The molecule has 0 fully saturated rings. The van der Waals surface area contributed by atoms with E-state index < -0.39 is 0 Å². The zero-order chi connectivity index (χ0) is 12.8. The Morgan fingerprint density at radius 3 is 2.58 bits per heavy atom. The summed E-state index contributed by atoms with van der Waals surface area (Å²) in [6.07, 6.45) is 0.973. The van der Waals surface area contributed by atoms with E-state index in [4.69, 9.17) is 5.73 Å². The second kappa shape index (κ2) is 3.72. The summed E-state index contributed by atoms with van der Waals surface area (Å²) in [7, 11) is 0. The number of benzene rings is 2. The summed E-state index contributed by atoms with van der Waals surface area (Å²) in [6.45, 7) is 0. The summed E-state index contributed by atoms with van der Waals surface area (Å²) in [5.74, 6) is 0.531. The van der Waals surface area contributed by atoms with Crippen molar-refractivity contribution < 1.29 is 0 Å². The quantitative estimate of drug-likeness (QED) is 0.542. The minimum absolute atomic E-state index is 0.531. The van der Waals surface area contributed by atoms with Crippen LogP contribution in [-0.2, 0) is 6.42 Å². The average molecular weight is 247 g/mol. The molecule has 0 aliphatic heterocycles. The van der Waals surface area contributed by atoms with Gasteiger partial charge in [0.1, 0.15) is 5.82 Å². The van der Waals surface area contributed by atoms with Crippen molar-refractivity contribution in [3.63, 3.8) is 0 Å². The Morgan fingerprint density at radius 2 is 1.74 bits per heavy atom. The highest BCUT2D eigenvalue weighted by atomic mass is 15.2. The third-order valence-corrected chi connectivity index (χ3v) is 3.74. The molecule has 0 bridgehead atoms. The number of anilines is 1. The van der Waals surface area contributed by atoms with Crippen LogP contribution in [0, 0.1) is 0 Å². The van der Waals surface area contributed by atoms with Gasteiger partial charge in [0.05, 0.1) is 5.69 Å². The molecular formula is C16H13N3. The van der Waals surface area contributed by atoms with Crippen molar-refractivity contribution in [3.8, 4) is 22.4 Å². The molecule has 92 valence electrons. The van der Waals surface area contributed by atoms with Crippen LogP contribution in [0.15, 0.2) is 48.5 Å². The van der Waals surface area contributed by atoms with Gasteiger partial charge in [-0.05, 0) is 28.7 Å². The highest BCUT2D eigenvalue weighted by Crippen LogP contribution is 2.40. The number of H-pyrrole nitrogens is 1. The van der Waals surface area contributed by atoms with E-state index in [2.05, 4.69) is 52.7 Å². The van der Waals surface area contributed by atoms with Gasteiger partial charge in [-0.3, -0.25) is 5.10 Å². The molecule has 0 saturated heterocycles. The van der Waals surface area contributed by atoms with Gasteiger partial charge in [-0.2, -0.15) is 5.10 Å². The van der Waals surface area contributed by atoms with E-state index in [9.17, 15) is 0 Å². The highest BCUT2D eigenvalue weighted by molar-refractivity contribution is 5.84. The van der Waals surface area contributed by atoms with Crippen LogP contribution in [0.1, 0.15) is 11.1 Å². The number of aromatic nitrogens is 2. The topological polar surface area (TPSA) is 54.7 Å². The molecule has 3 N–H and O–H groups in total. The Balaban J connectivity index is 1.94. The third kappa shape index (κ3) is 1.48. The van der Waals surface area contributed by atoms with Crippen molar-refractivity contribution >= 4 is 5.82 Å². The molecule has 1 aliphatic carbocycles. The van der Waals surface area contributed by atoms with E-state index >= 15 is 0 Å². The van der Waals surface area contributed by atoms with Gasteiger partial charge in [-0.1, -0.05) is 42.5 Å². The molecule has 1 heterocycles. The van der Waals surface area contributed by atoms with E-state index in [1.807, 2.05) is 6.07 Å². The molecular weight excluding hydrogens is 234 g/mol. The Bertz CT molecular complexity index is 771. The molecule has 3 aromatic rings.